The van der Waals surface area contributed by atoms with Crippen molar-refractivity contribution in [3.8, 4) is 17.0 Å². The van der Waals surface area contributed by atoms with E-state index in [0.717, 1.165) is 0 Å². The molecule has 3 atom stereocenters. The number of rotatable bonds is 5. The van der Waals surface area contributed by atoms with Crippen LogP contribution >= 0.6 is 0 Å². The molecule has 2 bridgehead atoms. The Labute approximate surface area is 193 Å². The van der Waals surface area contributed by atoms with Crippen LogP contribution in [0.15, 0.2) is 43.0 Å². The van der Waals surface area contributed by atoms with Crippen molar-refractivity contribution >= 4 is 16.9 Å². The van der Waals surface area contributed by atoms with E-state index in [4.69, 9.17) is 4.74 Å². The van der Waals surface area contributed by atoms with Gasteiger partial charge in [0.1, 0.15) is 11.9 Å². The number of amides is 1. The van der Waals surface area contributed by atoms with Crippen LogP contribution in [0.25, 0.3) is 22.3 Å². The summed E-state index contributed by atoms with van der Waals surface area (Å²) in [5.41, 5.74) is 1.52. The molecule has 1 aromatic carbocycles. The number of carbonyl (C=O) groups excluding carboxylic acids is 1. The second-order valence-electron chi connectivity index (χ2n) is 8.70. The normalized spacial score (nSPS) is 23.3. The number of aliphatic hydroxyl groups is 1. The summed E-state index contributed by atoms with van der Waals surface area (Å²) < 4.78 is 33.2. The van der Waals surface area contributed by atoms with Gasteiger partial charge >= 0.3 is 0 Å². The second-order valence-corrected chi connectivity index (χ2v) is 8.70. The first-order chi connectivity index (χ1) is 16.4. The van der Waals surface area contributed by atoms with Gasteiger partial charge in [-0.1, -0.05) is 18.7 Å². The third-order valence-corrected chi connectivity index (χ3v) is 6.70. The number of fused-ring (bicyclic) bond motifs is 3. The summed E-state index contributed by atoms with van der Waals surface area (Å²) in [5, 5.41) is 29.4. The van der Waals surface area contributed by atoms with Crippen molar-refractivity contribution in [2.24, 2.45) is 0 Å². The SMILES string of the molecule is C=CC(=O)N1C2COCC1CC(c1[nH]c3nnc(-c4ccccc4O)cc3c1C(O)C(F)F)C2. The summed E-state index contributed by atoms with van der Waals surface area (Å²) in [6, 6.07) is 7.63. The summed E-state index contributed by atoms with van der Waals surface area (Å²) >= 11 is 0. The molecule has 10 heteroatoms. The highest BCUT2D eigenvalue weighted by Gasteiger charge is 2.43. The summed E-state index contributed by atoms with van der Waals surface area (Å²) in [6.07, 6.45) is -2.81. The summed E-state index contributed by atoms with van der Waals surface area (Å²) in [5.74, 6) is -0.423. The molecule has 5 rings (SSSR count). The maximum absolute atomic E-state index is 13.8. The monoisotopic (exact) mass is 470 g/mol. The van der Waals surface area contributed by atoms with Crippen LogP contribution in [0.4, 0.5) is 8.78 Å². The van der Waals surface area contributed by atoms with Crippen molar-refractivity contribution in [1.82, 2.24) is 20.1 Å². The molecule has 2 aliphatic rings. The smallest absolute Gasteiger partial charge is 0.268 e. The number of alkyl halides is 2. The number of morpholine rings is 1. The first kappa shape index (κ1) is 22.4. The Bertz CT molecular complexity index is 1230. The lowest BCUT2D eigenvalue weighted by molar-refractivity contribution is -0.146. The van der Waals surface area contributed by atoms with Crippen molar-refractivity contribution in [3.63, 3.8) is 0 Å². The highest BCUT2D eigenvalue weighted by molar-refractivity contribution is 5.88. The van der Waals surface area contributed by atoms with Crippen molar-refractivity contribution in [3.05, 3.63) is 54.2 Å². The molecule has 2 saturated heterocycles. The predicted octanol–water partition coefficient (Wildman–Crippen LogP) is 3.29. The first-order valence-corrected chi connectivity index (χ1v) is 11.0. The lowest BCUT2D eigenvalue weighted by atomic mass is 9.81. The number of aromatic amines is 1. The van der Waals surface area contributed by atoms with Gasteiger partial charge < -0.3 is 24.8 Å². The zero-order valence-electron chi connectivity index (χ0n) is 18.2. The molecule has 2 aliphatic heterocycles. The van der Waals surface area contributed by atoms with Crippen LogP contribution in [0.1, 0.15) is 36.1 Å². The number of hydrogen-bond acceptors (Lipinski definition) is 6. The fourth-order valence-electron chi connectivity index (χ4n) is 5.23. The number of para-hydroxylation sites is 1. The van der Waals surface area contributed by atoms with Gasteiger partial charge in [-0.2, -0.15) is 0 Å². The number of phenolic OH excluding ortho intramolecular Hbond substituents is 1. The summed E-state index contributed by atoms with van der Waals surface area (Å²) in [7, 11) is 0. The van der Waals surface area contributed by atoms with E-state index < -0.39 is 12.5 Å². The maximum atomic E-state index is 13.8. The van der Waals surface area contributed by atoms with Crippen LogP contribution in [-0.2, 0) is 9.53 Å². The zero-order chi connectivity index (χ0) is 24.0. The standard InChI is InChI=1S/C24H24F2N4O4/c1-2-19(32)30-13-7-12(8-14(30)11-34-10-13)21-20(22(33)23(25)26)16-9-17(28-29-24(16)27-21)15-5-3-4-6-18(15)31/h2-6,9,12-14,22-23,31,33H,1,7-8,10-11H2,(H,27,29). The van der Waals surface area contributed by atoms with Gasteiger partial charge in [-0.25, -0.2) is 8.78 Å². The van der Waals surface area contributed by atoms with Gasteiger partial charge in [0.15, 0.2) is 5.65 Å². The molecule has 8 nitrogen and oxygen atoms in total. The molecule has 178 valence electrons. The molecule has 3 aromatic rings. The Morgan fingerprint density at radius 3 is 2.59 bits per heavy atom. The molecule has 2 fully saturated rings. The molecule has 3 N–H and O–H groups in total. The third kappa shape index (κ3) is 3.72. The van der Waals surface area contributed by atoms with Gasteiger partial charge in [-0.05, 0) is 37.1 Å². The number of H-pyrrole nitrogens is 1. The van der Waals surface area contributed by atoms with Crippen LogP contribution in [0.2, 0.25) is 0 Å². The Morgan fingerprint density at radius 2 is 1.94 bits per heavy atom. The van der Waals surface area contributed by atoms with E-state index in [2.05, 4.69) is 21.8 Å². The average Bonchev–Trinajstić information content (AvgIpc) is 3.21. The number of halogens is 2. The number of piperidine rings is 1. The van der Waals surface area contributed by atoms with E-state index in [9.17, 15) is 23.8 Å². The topological polar surface area (TPSA) is 112 Å². The molecule has 4 heterocycles. The van der Waals surface area contributed by atoms with E-state index >= 15 is 0 Å². The Kier molecular flexibility index (Phi) is 5.78. The average molecular weight is 470 g/mol. The van der Waals surface area contributed by atoms with Crippen LogP contribution < -0.4 is 0 Å². The maximum Gasteiger partial charge on any atom is 0.268 e. The van der Waals surface area contributed by atoms with Crippen molar-refractivity contribution in [1.29, 1.82) is 0 Å². The van der Waals surface area contributed by atoms with Crippen molar-refractivity contribution < 1.29 is 28.5 Å². The second kappa shape index (κ2) is 8.77. The van der Waals surface area contributed by atoms with Gasteiger partial charge in [-0.3, -0.25) is 4.79 Å². The minimum atomic E-state index is -3.01. The van der Waals surface area contributed by atoms with E-state index in [1.54, 1.807) is 29.2 Å². The fourth-order valence-corrected chi connectivity index (χ4v) is 5.23. The zero-order valence-corrected chi connectivity index (χ0v) is 18.2. The number of hydrogen-bond donors (Lipinski definition) is 3. The Hall–Kier alpha value is -3.37. The molecule has 2 aromatic heterocycles. The highest BCUT2D eigenvalue weighted by Crippen LogP contribution is 2.43. The number of nitrogens with one attached hydrogen (secondary N) is 1. The number of nitrogens with zero attached hydrogens (tertiary/aromatic N) is 3. The lowest BCUT2D eigenvalue weighted by Gasteiger charge is -2.48. The highest BCUT2D eigenvalue weighted by atomic mass is 19.3. The fraction of sp³-hybridized carbons (Fsp3) is 0.375. The molecule has 0 radical (unpaired) electrons. The Balaban J connectivity index is 1.60. The van der Waals surface area contributed by atoms with E-state index in [1.807, 2.05) is 0 Å². The number of carbonyl (C=O) groups is 1. The van der Waals surface area contributed by atoms with Gasteiger partial charge in [0.2, 0.25) is 5.91 Å². The first-order valence-electron chi connectivity index (χ1n) is 11.0. The molecule has 1 amide bonds. The quantitative estimate of drug-likeness (QED) is 0.494. The lowest BCUT2D eigenvalue weighted by Crippen LogP contribution is -2.58. The van der Waals surface area contributed by atoms with Crippen LogP contribution in [0.3, 0.4) is 0 Å². The molecular formula is C24H24F2N4O4. The van der Waals surface area contributed by atoms with Crippen molar-refractivity contribution in [2.45, 2.75) is 43.4 Å². The minimum Gasteiger partial charge on any atom is -0.507 e. The van der Waals surface area contributed by atoms with Gasteiger partial charge in [0.05, 0.1) is 31.0 Å². The Morgan fingerprint density at radius 1 is 1.24 bits per heavy atom. The van der Waals surface area contributed by atoms with E-state index in [0.29, 0.717) is 48.4 Å². The number of phenols is 1. The number of ether oxygens (including phenoxy) is 1. The summed E-state index contributed by atoms with van der Waals surface area (Å²) in [4.78, 5) is 17.3. The number of aromatic nitrogens is 3. The molecule has 0 spiro atoms. The third-order valence-electron chi connectivity index (χ3n) is 6.70. The molecular weight excluding hydrogens is 446 g/mol. The van der Waals surface area contributed by atoms with Crippen LogP contribution in [0, 0.1) is 0 Å². The van der Waals surface area contributed by atoms with Gasteiger partial charge in [0, 0.05) is 28.1 Å². The van der Waals surface area contributed by atoms with Gasteiger partial charge in [0.25, 0.3) is 6.43 Å². The van der Waals surface area contributed by atoms with E-state index in [-0.39, 0.29) is 40.9 Å². The van der Waals surface area contributed by atoms with Crippen LogP contribution in [0.5, 0.6) is 5.75 Å². The van der Waals surface area contributed by atoms with E-state index in [1.165, 1.54) is 12.1 Å². The van der Waals surface area contributed by atoms with Gasteiger partial charge in [-0.15, -0.1) is 10.2 Å². The predicted molar refractivity (Wildman–Crippen MR) is 119 cm³/mol. The number of aliphatic hydroxyl groups excluding tert-OH is 1. The summed E-state index contributed by atoms with van der Waals surface area (Å²) in [6.45, 7) is 4.27. The largest absolute Gasteiger partial charge is 0.507 e. The number of aromatic hydroxyl groups is 1. The molecule has 34 heavy (non-hydrogen) atoms. The minimum absolute atomic E-state index is 0.0186. The molecule has 0 aliphatic carbocycles. The van der Waals surface area contributed by atoms with Crippen LogP contribution in [-0.4, -0.2) is 67.9 Å². The molecule has 3 unspecified atom stereocenters. The van der Waals surface area contributed by atoms with Crippen molar-refractivity contribution in [2.75, 3.05) is 13.2 Å². The molecule has 0 saturated carbocycles. The number of benzene rings is 1.